The standard InChI is InChI=1S/C21H21N3O/c1-16-7-9-18(10-8-16)20-15-19(17-5-3-2-4-6-17)22-21(23-20)24-11-13-25-14-12-24/h2-10,15H,11-14H2,1H3. The second-order valence-electron chi connectivity index (χ2n) is 6.27. The number of hydrogen-bond acceptors (Lipinski definition) is 4. The first-order valence-electron chi connectivity index (χ1n) is 8.64. The summed E-state index contributed by atoms with van der Waals surface area (Å²) in [6, 6.07) is 20.8. The van der Waals surface area contributed by atoms with Gasteiger partial charge in [-0.05, 0) is 13.0 Å². The maximum Gasteiger partial charge on any atom is 0.226 e. The Kier molecular flexibility index (Phi) is 4.44. The Labute approximate surface area is 148 Å². The minimum Gasteiger partial charge on any atom is -0.378 e. The largest absolute Gasteiger partial charge is 0.378 e. The number of benzene rings is 2. The average Bonchev–Trinajstić information content (AvgIpc) is 2.69. The van der Waals surface area contributed by atoms with Gasteiger partial charge in [0.25, 0.3) is 0 Å². The number of ether oxygens (including phenoxy) is 1. The van der Waals surface area contributed by atoms with Gasteiger partial charge in [-0.3, -0.25) is 0 Å². The van der Waals surface area contributed by atoms with Gasteiger partial charge in [0.1, 0.15) is 0 Å². The van der Waals surface area contributed by atoms with Crippen LogP contribution in [0.4, 0.5) is 5.95 Å². The van der Waals surface area contributed by atoms with E-state index in [1.807, 2.05) is 18.2 Å². The van der Waals surface area contributed by atoms with Crippen LogP contribution in [-0.4, -0.2) is 36.3 Å². The number of hydrogen-bond donors (Lipinski definition) is 0. The zero-order valence-corrected chi connectivity index (χ0v) is 14.4. The highest BCUT2D eigenvalue weighted by Gasteiger charge is 2.16. The molecule has 1 saturated heterocycles. The second-order valence-corrected chi connectivity index (χ2v) is 6.27. The van der Waals surface area contributed by atoms with Gasteiger partial charge in [-0.1, -0.05) is 60.2 Å². The van der Waals surface area contributed by atoms with Crippen molar-refractivity contribution in [3.05, 3.63) is 66.2 Å². The Morgan fingerprint density at radius 2 is 1.40 bits per heavy atom. The van der Waals surface area contributed by atoms with Crippen LogP contribution in [0.2, 0.25) is 0 Å². The van der Waals surface area contributed by atoms with E-state index in [2.05, 4.69) is 54.3 Å². The van der Waals surface area contributed by atoms with Crippen LogP contribution in [-0.2, 0) is 4.74 Å². The molecule has 1 aliphatic heterocycles. The summed E-state index contributed by atoms with van der Waals surface area (Å²) in [5.74, 6) is 0.778. The molecule has 0 N–H and O–H groups in total. The van der Waals surface area contributed by atoms with Gasteiger partial charge in [-0.2, -0.15) is 0 Å². The third kappa shape index (κ3) is 3.54. The molecular formula is C21H21N3O. The number of anilines is 1. The maximum absolute atomic E-state index is 5.47. The van der Waals surface area contributed by atoms with Crippen molar-refractivity contribution in [3.63, 3.8) is 0 Å². The first kappa shape index (κ1) is 15.8. The predicted octanol–water partition coefficient (Wildman–Crippen LogP) is 3.96. The first-order chi connectivity index (χ1) is 12.3. The molecule has 0 radical (unpaired) electrons. The maximum atomic E-state index is 5.47. The van der Waals surface area contributed by atoms with E-state index >= 15 is 0 Å². The molecule has 4 nitrogen and oxygen atoms in total. The number of rotatable bonds is 3. The van der Waals surface area contributed by atoms with Gasteiger partial charge in [0.05, 0.1) is 24.6 Å². The predicted molar refractivity (Wildman–Crippen MR) is 101 cm³/mol. The molecule has 0 spiro atoms. The fourth-order valence-corrected chi connectivity index (χ4v) is 2.97. The monoisotopic (exact) mass is 331 g/mol. The Bertz CT molecular complexity index is 841. The van der Waals surface area contributed by atoms with Gasteiger partial charge in [0, 0.05) is 24.2 Å². The summed E-state index contributed by atoms with van der Waals surface area (Å²) in [5.41, 5.74) is 5.37. The van der Waals surface area contributed by atoms with Crippen LogP contribution >= 0.6 is 0 Å². The van der Waals surface area contributed by atoms with Crippen LogP contribution in [0.5, 0.6) is 0 Å². The molecule has 25 heavy (non-hydrogen) atoms. The molecule has 1 aliphatic rings. The topological polar surface area (TPSA) is 38.2 Å². The third-order valence-electron chi connectivity index (χ3n) is 4.43. The Morgan fingerprint density at radius 1 is 0.800 bits per heavy atom. The van der Waals surface area contributed by atoms with E-state index in [4.69, 9.17) is 14.7 Å². The van der Waals surface area contributed by atoms with E-state index in [-0.39, 0.29) is 0 Å². The lowest BCUT2D eigenvalue weighted by Gasteiger charge is -2.27. The summed E-state index contributed by atoms with van der Waals surface area (Å²) >= 11 is 0. The van der Waals surface area contributed by atoms with Crippen molar-refractivity contribution in [2.45, 2.75) is 6.92 Å². The van der Waals surface area contributed by atoms with E-state index in [9.17, 15) is 0 Å². The molecule has 4 rings (SSSR count). The van der Waals surface area contributed by atoms with Crippen LogP contribution in [0.3, 0.4) is 0 Å². The van der Waals surface area contributed by atoms with Crippen molar-refractivity contribution in [3.8, 4) is 22.5 Å². The second kappa shape index (κ2) is 7.03. The van der Waals surface area contributed by atoms with Crippen LogP contribution in [0.1, 0.15) is 5.56 Å². The van der Waals surface area contributed by atoms with E-state index in [0.29, 0.717) is 0 Å². The van der Waals surface area contributed by atoms with Gasteiger partial charge in [-0.15, -0.1) is 0 Å². The van der Waals surface area contributed by atoms with Crippen molar-refractivity contribution >= 4 is 5.95 Å². The average molecular weight is 331 g/mol. The SMILES string of the molecule is Cc1ccc(-c2cc(-c3ccccc3)nc(N3CCOCC3)n2)cc1. The number of morpholine rings is 1. The quantitative estimate of drug-likeness (QED) is 0.728. The minimum absolute atomic E-state index is 0.721. The zero-order chi connectivity index (χ0) is 17.1. The molecule has 0 atom stereocenters. The number of nitrogens with zero attached hydrogens (tertiary/aromatic N) is 3. The molecule has 0 aliphatic carbocycles. The van der Waals surface area contributed by atoms with Gasteiger partial charge < -0.3 is 9.64 Å². The summed E-state index contributed by atoms with van der Waals surface area (Å²) in [7, 11) is 0. The lowest BCUT2D eigenvalue weighted by molar-refractivity contribution is 0.122. The molecule has 126 valence electrons. The van der Waals surface area contributed by atoms with E-state index < -0.39 is 0 Å². The molecule has 2 heterocycles. The molecule has 3 aromatic rings. The Balaban J connectivity index is 1.81. The number of aryl methyl sites for hydroxylation is 1. The van der Waals surface area contributed by atoms with Crippen molar-refractivity contribution in [2.75, 3.05) is 31.2 Å². The molecular weight excluding hydrogens is 310 g/mol. The summed E-state index contributed by atoms with van der Waals surface area (Å²) < 4.78 is 5.47. The highest BCUT2D eigenvalue weighted by Crippen LogP contribution is 2.26. The normalized spacial score (nSPS) is 14.5. The van der Waals surface area contributed by atoms with Crippen molar-refractivity contribution < 1.29 is 4.74 Å². The molecule has 0 saturated carbocycles. The lowest BCUT2D eigenvalue weighted by atomic mass is 10.1. The smallest absolute Gasteiger partial charge is 0.226 e. The minimum atomic E-state index is 0.721. The molecule has 0 unspecified atom stereocenters. The lowest BCUT2D eigenvalue weighted by Crippen LogP contribution is -2.37. The Hall–Kier alpha value is -2.72. The summed E-state index contributed by atoms with van der Waals surface area (Å²) in [6.07, 6.45) is 0. The van der Waals surface area contributed by atoms with Gasteiger partial charge in [0.15, 0.2) is 0 Å². The first-order valence-corrected chi connectivity index (χ1v) is 8.64. The van der Waals surface area contributed by atoms with E-state index in [0.717, 1.165) is 54.8 Å². The van der Waals surface area contributed by atoms with E-state index in [1.54, 1.807) is 0 Å². The molecule has 0 amide bonds. The van der Waals surface area contributed by atoms with Crippen molar-refractivity contribution in [2.24, 2.45) is 0 Å². The van der Waals surface area contributed by atoms with Crippen molar-refractivity contribution in [1.82, 2.24) is 9.97 Å². The van der Waals surface area contributed by atoms with Crippen LogP contribution in [0, 0.1) is 6.92 Å². The molecule has 1 aromatic heterocycles. The highest BCUT2D eigenvalue weighted by atomic mass is 16.5. The zero-order valence-electron chi connectivity index (χ0n) is 14.4. The Morgan fingerprint density at radius 3 is 2.04 bits per heavy atom. The summed E-state index contributed by atoms with van der Waals surface area (Å²) in [6.45, 7) is 5.19. The molecule has 0 bridgehead atoms. The molecule has 2 aromatic carbocycles. The van der Waals surface area contributed by atoms with E-state index in [1.165, 1.54) is 5.56 Å². The number of aromatic nitrogens is 2. The van der Waals surface area contributed by atoms with Gasteiger partial charge in [-0.25, -0.2) is 9.97 Å². The highest BCUT2D eigenvalue weighted by molar-refractivity contribution is 5.69. The van der Waals surface area contributed by atoms with Crippen LogP contribution in [0.25, 0.3) is 22.5 Å². The van der Waals surface area contributed by atoms with Gasteiger partial charge >= 0.3 is 0 Å². The fourth-order valence-electron chi connectivity index (χ4n) is 2.97. The van der Waals surface area contributed by atoms with Crippen molar-refractivity contribution in [1.29, 1.82) is 0 Å². The molecule has 4 heteroatoms. The fraction of sp³-hybridized carbons (Fsp3) is 0.238. The summed E-state index contributed by atoms with van der Waals surface area (Å²) in [5, 5.41) is 0. The third-order valence-corrected chi connectivity index (χ3v) is 4.43. The van der Waals surface area contributed by atoms with Crippen LogP contribution < -0.4 is 4.90 Å². The summed E-state index contributed by atoms with van der Waals surface area (Å²) in [4.78, 5) is 11.9. The van der Waals surface area contributed by atoms with Gasteiger partial charge in [0.2, 0.25) is 5.95 Å². The molecule has 1 fully saturated rings. The van der Waals surface area contributed by atoms with Crippen LogP contribution in [0.15, 0.2) is 60.7 Å².